The summed E-state index contributed by atoms with van der Waals surface area (Å²) in [7, 11) is 0. The van der Waals surface area contributed by atoms with E-state index in [-0.39, 0.29) is 5.91 Å². The SMILES string of the molecule is CCCCCNc1cc(C(=O)Nc2ccc(C)c(Cl)c2)nc(C)n1. The van der Waals surface area contributed by atoms with Crippen LogP contribution in [0.1, 0.15) is 48.1 Å². The summed E-state index contributed by atoms with van der Waals surface area (Å²) in [4.78, 5) is 21.0. The molecule has 0 saturated heterocycles. The number of aryl methyl sites for hydroxylation is 2. The second kappa shape index (κ2) is 8.64. The molecule has 2 aromatic rings. The quantitative estimate of drug-likeness (QED) is 0.719. The minimum atomic E-state index is -0.281. The van der Waals surface area contributed by atoms with Gasteiger partial charge in [-0.2, -0.15) is 0 Å². The number of hydrogen-bond donors (Lipinski definition) is 2. The van der Waals surface area contributed by atoms with Crippen LogP contribution in [0.3, 0.4) is 0 Å². The number of hydrogen-bond acceptors (Lipinski definition) is 4. The zero-order valence-corrected chi connectivity index (χ0v) is 15.1. The molecule has 1 aromatic carbocycles. The predicted molar refractivity (Wildman–Crippen MR) is 98.9 cm³/mol. The maximum absolute atomic E-state index is 12.4. The Labute approximate surface area is 147 Å². The first-order chi connectivity index (χ1) is 11.5. The third-order valence-corrected chi connectivity index (χ3v) is 3.99. The number of nitrogens with zero attached hydrogens (tertiary/aromatic N) is 2. The number of rotatable bonds is 7. The maximum Gasteiger partial charge on any atom is 0.274 e. The van der Waals surface area contributed by atoms with Crippen LogP contribution in [0, 0.1) is 13.8 Å². The highest BCUT2D eigenvalue weighted by molar-refractivity contribution is 6.31. The number of aromatic nitrogens is 2. The average molecular weight is 347 g/mol. The van der Waals surface area contributed by atoms with Crippen LogP contribution < -0.4 is 10.6 Å². The molecule has 5 nitrogen and oxygen atoms in total. The van der Waals surface area contributed by atoms with E-state index >= 15 is 0 Å². The highest BCUT2D eigenvalue weighted by Gasteiger charge is 2.11. The molecule has 0 unspecified atom stereocenters. The van der Waals surface area contributed by atoms with Crippen molar-refractivity contribution < 1.29 is 4.79 Å². The standard InChI is InChI=1S/C18H23ClN4O/c1-4-5-6-9-20-17-11-16(21-13(3)22-17)18(24)23-14-8-7-12(2)15(19)10-14/h7-8,10-11H,4-6,9H2,1-3H3,(H,23,24)(H,20,21,22). The lowest BCUT2D eigenvalue weighted by atomic mass is 10.2. The van der Waals surface area contributed by atoms with Crippen LogP contribution >= 0.6 is 11.6 Å². The van der Waals surface area contributed by atoms with Crippen molar-refractivity contribution in [1.82, 2.24) is 9.97 Å². The third-order valence-electron chi connectivity index (χ3n) is 3.59. The zero-order chi connectivity index (χ0) is 17.5. The number of carbonyl (C=O) groups is 1. The fourth-order valence-corrected chi connectivity index (χ4v) is 2.41. The van der Waals surface area contributed by atoms with Gasteiger partial charge in [0.1, 0.15) is 17.3 Å². The van der Waals surface area contributed by atoms with Gasteiger partial charge in [0.2, 0.25) is 0 Å². The number of anilines is 2. The molecule has 0 spiro atoms. The lowest BCUT2D eigenvalue weighted by Gasteiger charge is -2.09. The van der Waals surface area contributed by atoms with E-state index in [4.69, 9.17) is 11.6 Å². The third kappa shape index (κ3) is 5.20. The minimum Gasteiger partial charge on any atom is -0.370 e. The first-order valence-corrected chi connectivity index (χ1v) is 8.54. The normalized spacial score (nSPS) is 10.5. The van der Waals surface area contributed by atoms with Crippen LogP contribution in [-0.2, 0) is 0 Å². The van der Waals surface area contributed by atoms with Crippen molar-refractivity contribution in [2.75, 3.05) is 17.2 Å². The lowest BCUT2D eigenvalue weighted by Crippen LogP contribution is -2.16. The molecule has 1 aromatic heterocycles. The van der Waals surface area contributed by atoms with Gasteiger partial charge < -0.3 is 10.6 Å². The summed E-state index contributed by atoms with van der Waals surface area (Å²) in [6, 6.07) is 7.08. The van der Waals surface area contributed by atoms with E-state index < -0.39 is 0 Å². The summed E-state index contributed by atoms with van der Waals surface area (Å²) >= 11 is 6.09. The van der Waals surface area contributed by atoms with Crippen LogP contribution in [-0.4, -0.2) is 22.4 Å². The van der Waals surface area contributed by atoms with Crippen molar-refractivity contribution in [2.24, 2.45) is 0 Å². The van der Waals surface area contributed by atoms with Crippen molar-refractivity contribution >= 4 is 29.0 Å². The second-order valence-corrected chi connectivity index (χ2v) is 6.14. The number of carbonyl (C=O) groups excluding carboxylic acids is 1. The largest absolute Gasteiger partial charge is 0.370 e. The van der Waals surface area contributed by atoms with Crippen LogP contribution in [0.25, 0.3) is 0 Å². The second-order valence-electron chi connectivity index (χ2n) is 5.74. The van der Waals surface area contributed by atoms with Crippen molar-refractivity contribution in [3.05, 3.63) is 46.4 Å². The van der Waals surface area contributed by atoms with Gasteiger partial charge in [0.25, 0.3) is 5.91 Å². The van der Waals surface area contributed by atoms with E-state index in [2.05, 4.69) is 27.5 Å². The maximum atomic E-state index is 12.4. The van der Waals surface area contributed by atoms with Crippen LogP contribution in [0.5, 0.6) is 0 Å². The zero-order valence-electron chi connectivity index (χ0n) is 14.3. The molecular formula is C18H23ClN4O. The van der Waals surface area contributed by atoms with Crippen molar-refractivity contribution in [3.8, 4) is 0 Å². The molecule has 2 rings (SSSR count). The molecule has 0 saturated carbocycles. The molecule has 24 heavy (non-hydrogen) atoms. The lowest BCUT2D eigenvalue weighted by molar-refractivity contribution is 0.102. The molecule has 0 aliphatic carbocycles. The molecule has 0 atom stereocenters. The molecule has 128 valence electrons. The fraction of sp³-hybridized carbons (Fsp3) is 0.389. The van der Waals surface area contributed by atoms with Gasteiger partial charge in [0, 0.05) is 23.3 Å². The van der Waals surface area contributed by atoms with Crippen molar-refractivity contribution in [1.29, 1.82) is 0 Å². The Morgan fingerprint density at radius 3 is 2.67 bits per heavy atom. The van der Waals surface area contributed by atoms with Gasteiger partial charge in [-0.3, -0.25) is 4.79 Å². The van der Waals surface area contributed by atoms with Gasteiger partial charge >= 0.3 is 0 Å². The van der Waals surface area contributed by atoms with Gasteiger partial charge in [-0.1, -0.05) is 37.4 Å². The predicted octanol–water partition coefficient (Wildman–Crippen LogP) is 4.60. The van der Waals surface area contributed by atoms with Crippen LogP contribution in [0.2, 0.25) is 5.02 Å². The molecule has 2 N–H and O–H groups in total. The Morgan fingerprint density at radius 2 is 1.96 bits per heavy atom. The van der Waals surface area contributed by atoms with Gasteiger partial charge in [0.05, 0.1) is 0 Å². The highest BCUT2D eigenvalue weighted by Crippen LogP contribution is 2.20. The molecule has 1 amide bonds. The number of amides is 1. The summed E-state index contributed by atoms with van der Waals surface area (Å²) < 4.78 is 0. The summed E-state index contributed by atoms with van der Waals surface area (Å²) in [5.41, 5.74) is 1.94. The topological polar surface area (TPSA) is 66.9 Å². The van der Waals surface area contributed by atoms with E-state index in [0.29, 0.717) is 28.0 Å². The number of benzene rings is 1. The number of nitrogens with one attached hydrogen (secondary N) is 2. The summed E-state index contributed by atoms with van der Waals surface area (Å²) in [5.74, 6) is 0.949. The Hall–Kier alpha value is -2.14. The van der Waals surface area contributed by atoms with E-state index in [1.165, 1.54) is 6.42 Å². The Morgan fingerprint density at radius 1 is 1.17 bits per heavy atom. The van der Waals surface area contributed by atoms with Crippen molar-refractivity contribution in [2.45, 2.75) is 40.0 Å². The molecule has 0 radical (unpaired) electrons. The average Bonchev–Trinajstić information content (AvgIpc) is 2.54. The van der Waals surface area contributed by atoms with Gasteiger partial charge in [-0.15, -0.1) is 0 Å². The van der Waals surface area contributed by atoms with Crippen LogP contribution in [0.4, 0.5) is 11.5 Å². The van der Waals surface area contributed by atoms with E-state index in [1.54, 1.807) is 19.1 Å². The summed E-state index contributed by atoms with van der Waals surface area (Å²) in [6.07, 6.45) is 3.40. The van der Waals surface area contributed by atoms with E-state index in [9.17, 15) is 4.79 Å². The number of unbranched alkanes of at least 4 members (excludes halogenated alkanes) is 2. The van der Waals surface area contributed by atoms with Gasteiger partial charge in [-0.25, -0.2) is 9.97 Å². The molecule has 0 bridgehead atoms. The minimum absolute atomic E-state index is 0.281. The molecular weight excluding hydrogens is 324 g/mol. The molecule has 0 aliphatic heterocycles. The smallest absolute Gasteiger partial charge is 0.274 e. The molecule has 1 heterocycles. The first kappa shape index (κ1) is 18.2. The molecule has 0 fully saturated rings. The van der Waals surface area contributed by atoms with E-state index in [1.807, 2.05) is 19.1 Å². The van der Waals surface area contributed by atoms with E-state index in [0.717, 1.165) is 24.9 Å². The Kier molecular flexibility index (Phi) is 6.55. The first-order valence-electron chi connectivity index (χ1n) is 8.16. The molecule has 0 aliphatic rings. The monoisotopic (exact) mass is 346 g/mol. The Bertz CT molecular complexity index is 718. The Balaban J connectivity index is 2.07. The summed E-state index contributed by atoms with van der Waals surface area (Å²) in [5, 5.41) is 6.68. The fourth-order valence-electron chi connectivity index (χ4n) is 2.23. The summed E-state index contributed by atoms with van der Waals surface area (Å²) in [6.45, 7) is 6.68. The van der Waals surface area contributed by atoms with Crippen LogP contribution in [0.15, 0.2) is 24.3 Å². The number of halogens is 1. The van der Waals surface area contributed by atoms with Crippen molar-refractivity contribution in [3.63, 3.8) is 0 Å². The molecule has 6 heteroatoms. The van der Waals surface area contributed by atoms with Gasteiger partial charge in [0.15, 0.2) is 0 Å². The highest BCUT2D eigenvalue weighted by atomic mass is 35.5. The van der Waals surface area contributed by atoms with Gasteiger partial charge in [-0.05, 0) is 38.0 Å².